The second-order valence-corrected chi connectivity index (χ2v) is 7.16. The molecule has 2 aliphatic rings. The minimum absolute atomic E-state index is 0.104. The van der Waals surface area contributed by atoms with E-state index in [2.05, 4.69) is 5.32 Å². The maximum Gasteiger partial charge on any atom is 0.331 e. The molecule has 28 heavy (non-hydrogen) atoms. The number of ether oxygens (including phenoxy) is 2. The molecule has 1 saturated heterocycles. The van der Waals surface area contributed by atoms with Crippen LogP contribution in [0.3, 0.4) is 0 Å². The van der Waals surface area contributed by atoms with Crippen LogP contribution in [0.5, 0.6) is 11.5 Å². The smallest absolute Gasteiger partial charge is 0.331 e. The Balaban J connectivity index is 1.95. The highest BCUT2D eigenvalue weighted by molar-refractivity contribution is 6.33. The molecule has 0 radical (unpaired) electrons. The third-order valence-corrected chi connectivity index (χ3v) is 5.21. The fraction of sp³-hybridized carbons (Fsp3) is 0.450. The molecule has 3 rings (SSSR count). The number of nitrogens with one attached hydrogen (secondary N) is 1. The van der Waals surface area contributed by atoms with Gasteiger partial charge in [-0.25, -0.2) is 4.79 Å². The minimum Gasteiger partial charge on any atom is -0.493 e. The number of barbiturate groups is 1. The Labute approximate surface area is 168 Å². The van der Waals surface area contributed by atoms with Crippen LogP contribution in [0.25, 0.3) is 6.08 Å². The number of carbonyl (C=O) groups is 3. The van der Waals surface area contributed by atoms with Gasteiger partial charge in [0.2, 0.25) is 0 Å². The van der Waals surface area contributed by atoms with E-state index in [1.165, 1.54) is 18.1 Å². The molecule has 0 aromatic heterocycles. The Morgan fingerprint density at radius 1 is 1.21 bits per heavy atom. The van der Waals surface area contributed by atoms with E-state index in [4.69, 9.17) is 21.1 Å². The Morgan fingerprint density at radius 2 is 1.93 bits per heavy atom. The number of methoxy groups -OCH3 is 1. The number of hydrogen-bond acceptors (Lipinski definition) is 5. The van der Waals surface area contributed by atoms with Gasteiger partial charge >= 0.3 is 6.03 Å². The molecule has 4 amide bonds. The van der Waals surface area contributed by atoms with Gasteiger partial charge in [0.25, 0.3) is 11.8 Å². The normalized spacial score (nSPS) is 19.8. The molecule has 0 atom stereocenters. The number of carbonyl (C=O) groups excluding carboxylic acids is 3. The van der Waals surface area contributed by atoms with Gasteiger partial charge in [0.1, 0.15) is 5.57 Å². The molecule has 1 aliphatic carbocycles. The number of benzene rings is 1. The third kappa shape index (κ3) is 3.99. The minimum atomic E-state index is -0.717. The van der Waals surface area contributed by atoms with Crippen molar-refractivity contribution in [2.24, 2.45) is 0 Å². The highest BCUT2D eigenvalue weighted by Crippen LogP contribution is 2.37. The lowest BCUT2D eigenvalue weighted by Gasteiger charge is -2.35. The summed E-state index contributed by atoms with van der Waals surface area (Å²) in [6, 6.07) is 2.38. The predicted octanol–water partition coefficient (Wildman–Crippen LogP) is 3.54. The Kier molecular flexibility index (Phi) is 6.24. The quantitative estimate of drug-likeness (QED) is 0.597. The summed E-state index contributed by atoms with van der Waals surface area (Å²) < 4.78 is 10.8. The number of imide groups is 2. The van der Waals surface area contributed by atoms with Crippen LogP contribution in [-0.4, -0.2) is 42.5 Å². The first-order valence-electron chi connectivity index (χ1n) is 9.37. The number of nitrogens with zero attached hydrogens (tertiary/aromatic N) is 1. The monoisotopic (exact) mass is 406 g/mol. The third-order valence-electron chi connectivity index (χ3n) is 4.92. The molecule has 1 heterocycles. The molecule has 7 nitrogen and oxygen atoms in total. The van der Waals surface area contributed by atoms with Crippen LogP contribution in [0.2, 0.25) is 5.02 Å². The molecule has 1 N–H and O–H groups in total. The van der Waals surface area contributed by atoms with Gasteiger partial charge in [-0.05, 0) is 43.5 Å². The molecule has 1 aromatic rings. The summed E-state index contributed by atoms with van der Waals surface area (Å²) in [6.07, 6.45) is 5.93. The van der Waals surface area contributed by atoms with Gasteiger partial charge in [0, 0.05) is 6.04 Å². The van der Waals surface area contributed by atoms with Crippen molar-refractivity contribution >= 4 is 35.5 Å². The fourth-order valence-electron chi connectivity index (χ4n) is 3.62. The molecular weight excluding hydrogens is 384 g/mol. The molecule has 150 valence electrons. The van der Waals surface area contributed by atoms with E-state index in [1.54, 1.807) is 12.1 Å². The van der Waals surface area contributed by atoms with Crippen molar-refractivity contribution in [1.82, 2.24) is 10.2 Å². The zero-order chi connectivity index (χ0) is 20.3. The topological polar surface area (TPSA) is 84.9 Å². The van der Waals surface area contributed by atoms with Gasteiger partial charge < -0.3 is 9.47 Å². The van der Waals surface area contributed by atoms with Crippen LogP contribution in [0.1, 0.15) is 44.6 Å². The van der Waals surface area contributed by atoms with Crippen molar-refractivity contribution in [3.63, 3.8) is 0 Å². The van der Waals surface area contributed by atoms with Crippen molar-refractivity contribution in [3.05, 3.63) is 28.3 Å². The summed E-state index contributed by atoms with van der Waals surface area (Å²) in [5.74, 6) is -0.506. The van der Waals surface area contributed by atoms with E-state index < -0.39 is 17.8 Å². The lowest BCUT2D eigenvalue weighted by molar-refractivity contribution is -0.132. The van der Waals surface area contributed by atoms with E-state index in [1.807, 2.05) is 6.92 Å². The summed E-state index contributed by atoms with van der Waals surface area (Å²) >= 11 is 6.27. The lowest BCUT2D eigenvalue weighted by atomic mass is 9.93. The SMILES string of the molecule is CCOc1c(Cl)cc(/C=C2/C(=O)NC(=O)N(C3CCCCC3)C2=O)cc1OC. The molecule has 0 bridgehead atoms. The first-order chi connectivity index (χ1) is 13.5. The summed E-state index contributed by atoms with van der Waals surface area (Å²) in [7, 11) is 1.48. The van der Waals surface area contributed by atoms with E-state index in [0.29, 0.717) is 28.7 Å². The number of urea groups is 1. The summed E-state index contributed by atoms with van der Waals surface area (Å²) in [4.78, 5) is 38.7. The zero-order valence-corrected chi connectivity index (χ0v) is 16.7. The van der Waals surface area contributed by atoms with Crippen LogP contribution in [0, 0.1) is 0 Å². The molecule has 1 saturated carbocycles. The van der Waals surface area contributed by atoms with Gasteiger partial charge in [-0.1, -0.05) is 30.9 Å². The molecule has 8 heteroatoms. The fourth-order valence-corrected chi connectivity index (χ4v) is 3.89. The van der Waals surface area contributed by atoms with Crippen molar-refractivity contribution in [3.8, 4) is 11.5 Å². The van der Waals surface area contributed by atoms with Crippen LogP contribution in [0.4, 0.5) is 4.79 Å². The number of halogens is 1. The molecule has 2 fully saturated rings. The standard InChI is InChI=1S/C20H23ClN2O5/c1-3-28-17-15(21)10-12(11-16(17)27-2)9-14-18(24)22-20(26)23(19(14)25)13-7-5-4-6-8-13/h9-11,13H,3-8H2,1-2H3,(H,22,24,26)/b14-9-. The van der Waals surface area contributed by atoms with Crippen molar-refractivity contribution in [2.45, 2.75) is 45.1 Å². The van der Waals surface area contributed by atoms with Gasteiger partial charge in [-0.15, -0.1) is 0 Å². The largest absolute Gasteiger partial charge is 0.493 e. The van der Waals surface area contributed by atoms with Crippen LogP contribution >= 0.6 is 11.6 Å². The maximum atomic E-state index is 12.9. The Morgan fingerprint density at radius 3 is 2.57 bits per heavy atom. The number of rotatable bonds is 5. The molecule has 1 aromatic carbocycles. The molecule has 0 unspecified atom stereocenters. The second kappa shape index (κ2) is 8.65. The first-order valence-corrected chi connectivity index (χ1v) is 9.75. The zero-order valence-electron chi connectivity index (χ0n) is 15.9. The summed E-state index contributed by atoms with van der Waals surface area (Å²) in [5.41, 5.74) is 0.397. The van der Waals surface area contributed by atoms with Crippen molar-refractivity contribution in [1.29, 1.82) is 0 Å². The first kappa shape index (κ1) is 20.2. The van der Waals surface area contributed by atoms with Gasteiger partial charge in [0.15, 0.2) is 11.5 Å². The van der Waals surface area contributed by atoms with E-state index in [9.17, 15) is 14.4 Å². The van der Waals surface area contributed by atoms with E-state index in [-0.39, 0.29) is 11.6 Å². The number of hydrogen-bond donors (Lipinski definition) is 1. The highest BCUT2D eigenvalue weighted by atomic mass is 35.5. The Hall–Kier alpha value is -2.54. The average Bonchev–Trinajstić information content (AvgIpc) is 2.67. The van der Waals surface area contributed by atoms with Crippen LogP contribution in [-0.2, 0) is 9.59 Å². The average molecular weight is 407 g/mol. The lowest BCUT2D eigenvalue weighted by Crippen LogP contribution is -2.58. The van der Waals surface area contributed by atoms with E-state index in [0.717, 1.165) is 32.1 Å². The van der Waals surface area contributed by atoms with Crippen LogP contribution < -0.4 is 14.8 Å². The van der Waals surface area contributed by atoms with Gasteiger partial charge in [0.05, 0.1) is 18.7 Å². The highest BCUT2D eigenvalue weighted by Gasteiger charge is 2.40. The van der Waals surface area contributed by atoms with Gasteiger partial charge in [-0.2, -0.15) is 0 Å². The second-order valence-electron chi connectivity index (χ2n) is 6.75. The summed E-state index contributed by atoms with van der Waals surface area (Å²) in [6.45, 7) is 2.24. The van der Waals surface area contributed by atoms with Crippen molar-refractivity contribution in [2.75, 3.05) is 13.7 Å². The van der Waals surface area contributed by atoms with Crippen molar-refractivity contribution < 1.29 is 23.9 Å². The number of amides is 4. The molecule has 0 spiro atoms. The van der Waals surface area contributed by atoms with Gasteiger partial charge in [-0.3, -0.25) is 19.8 Å². The van der Waals surface area contributed by atoms with E-state index >= 15 is 0 Å². The Bertz CT molecular complexity index is 830. The maximum absolute atomic E-state index is 12.9. The predicted molar refractivity (Wildman–Crippen MR) is 104 cm³/mol. The van der Waals surface area contributed by atoms with Crippen LogP contribution in [0.15, 0.2) is 17.7 Å². The summed E-state index contributed by atoms with van der Waals surface area (Å²) in [5, 5.41) is 2.58. The molecule has 1 aliphatic heterocycles. The molecular formula is C20H23ClN2O5.